The van der Waals surface area contributed by atoms with Crippen molar-refractivity contribution in [1.29, 1.82) is 0 Å². The number of halogens is 1. The first-order chi connectivity index (χ1) is 14.0. The number of anilines is 1. The van der Waals surface area contributed by atoms with E-state index in [1.54, 1.807) is 24.4 Å². The Kier molecular flexibility index (Phi) is 5.35. The summed E-state index contributed by atoms with van der Waals surface area (Å²) >= 11 is 0. The standard InChI is InChI=1S/C23H26FN3O2/c1-16-3-8-20(25-15-16)26-21(28)17-9-13-27(14-10-17)22(29)23(11-2-12-23)18-4-6-19(24)7-5-18/h3-8,15,17H,2,9-14H2,1H3,(H,25,26,28). The fourth-order valence-electron chi connectivity index (χ4n) is 4.34. The largest absolute Gasteiger partial charge is 0.342 e. The van der Waals surface area contributed by atoms with Crippen molar-refractivity contribution in [1.82, 2.24) is 9.88 Å². The predicted octanol–water partition coefficient (Wildman–Crippen LogP) is 3.83. The maximum absolute atomic E-state index is 13.3. The molecule has 2 aromatic rings. The van der Waals surface area contributed by atoms with Crippen molar-refractivity contribution in [2.75, 3.05) is 18.4 Å². The van der Waals surface area contributed by atoms with Crippen LogP contribution in [0.5, 0.6) is 0 Å². The van der Waals surface area contributed by atoms with Crippen LogP contribution >= 0.6 is 0 Å². The van der Waals surface area contributed by atoms with Gasteiger partial charge in [-0.15, -0.1) is 0 Å². The summed E-state index contributed by atoms with van der Waals surface area (Å²) in [5.74, 6) is 0.236. The van der Waals surface area contributed by atoms with Gasteiger partial charge in [0.1, 0.15) is 11.6 Å². The minimum atomic E-state index is -0.519. The molecule has 1 saturated heterocycles. The average Bonchev–Trinajstić information content (AvgIpc) is 2.70. The summed E-state index contributed by atoms with van der Waals surface area (Å²) < 4.78 is 13.3. The van der Waals surface area contributed by atoms with E-state index in [0.717, 1.165) is 30.4 Å². The minimum Gasteiger partial charge on any atom is -0.342 e. The number of carbonyl (C=O) groups is 2. The Morgan fingerprint density at radius 1 is 1.10 bits per heavy atom. The number of pyridine rings is 1. The number of aryl methyl sites for hydroxylation is 1. The Morgan fingerprint density at radius 2 is 1.79 bits per heavy atom. The van der Waals surface area contributed by atoms with Crippen LogP contribution in [-0.4, -0.2) is 34.8 Å². The van der Waals surface area contributed by atoms with E-state index in [-0.39, 0.29) is 23.5 Å². The first kappa shape index (κ1) is 19.6. The zero-order valence-electron chi connectivity index (χ0n) is 16.7. The van der Waals surface area contributed by atoms with Crippen LogP contribution in [-0.2, 0) is 15.0 Å². The molecule has 1 N–H and O–H groups in total. The first-order valence-electron chi connectivity index (χ1n) is 10.3. The SMILES string of the molecule is Cc1ccc(NC(=O)C2CCN(C(=O)C3(c4ccc(F)cc4)CCC3)CC2)nc1. The van der Waals surface area contributed by atoms with Gasteiger partial charge in [0.25, 0.3) is 0 Å². The molecule has 5 nitrogen and oxygen atoms in total. The second-order valence-electron chi connectivity index (χ2n) is 8.22. The van der Waals surface area contributed by atoms with Crippen molar-refractivity contribution in [3.05, 3.63) is 59.5 Å². The van der Waals surface area contributed by atoms with Crippen molar-refractivity contribution in [2.24, 2.45) is 5.92 Å². The number of hydrogen-bond acceptors (Lipinski definition) is 3. The number of piperidine rings is 1. The summed E-state index contributed by atoms with van der Waals surface area (Å²) in [6, 6.07) is 10.0. The zero-order valence-corrected chi connectivity index (χ0v) is 16.7. The van der Waals surface area contributed by atoms with Crippen LogP contribution in [0.4, 0.5) is 10.2 Å². The molecule has 29 heavy (non-hydrogen) atoms. The lowest BCUT2D eigenvalue weighted by Gasteiger charge is -2.45. The van der Waals surface area contributed by atoms with Crippen molar-refractivity contribution < 1.29 is 14.0 Å². The lowest BCUT2D eigenvalue weighted by molar-refractivity contribution is -0.143. The van der Waals surface area contributed by atoms with Crippen LogP contribution in [0.1, 0.15) is 43.2 Å². The number of amides is 2. The molecule has 2 heterocycles. The number of carbonyl (C=O) groups excluding carboxylic acids is 2. The summed E-state index contributed by atoms with van der Waals surface area (Å²) in [4.78, 5) is 32.0. The van der Waals surface area contributed by atoms with Gasteiger partial charge in [0, 0.05) is 25.2 Å². The van der Waals surface area contributed by atoms with Crippen LogP contribution < -0.4 is 5.32 Å². The number of rotatable bonds is 4. The average molecular weight is 395 g/mol. The highest BCUT2D eigenvalue weighted by Gasteiger charge is 2.48. The van der Waals surface area contributed by atoms with E-state index in [0.29, 0.717) is 31.7 Å². The van der Waals surface area contributed by atoms with Gasteiger partial charge in [-0.3, -0.25) is 9.59 Å². The fraction of sp³-hybridized carbons (Fsp3) is 0.435. The monoisotopic (exact) mass is 395 g/mol. The van der Waals surface area contributed by atoms with Gasteiger partial charge < -0.3 is 10.2 Å². The molecular weight excluding hydrogens is 369 g/mol. The third-order valence-electron chi connectivity index (χ3n) is 6.33. The Hall–Kier alpha value is -2.76. The van der Waals surface area contributed by atoms with Crippen molar-refractivity contribution in [2.45, 2.75) is 44.4 Å². The number of nitrogens with zero attached hydrogens (tertiary/aromatic N) is 2. The Labute approximate surface area is 170 Å². The van der Waals surface area contributed by atoms with Gasteiger partial charge in [0.15, 0.2) is 0 Å². The first-order valence-corrected chi connectivity index (χ1v) is 10.3. The minimum absolute atomic E-state index is 0.0367. The van der Waals surface area contributed by atoms with Crippen LogP contribution in [0.25, 0.3) is 0 Å². The third kappa shape index (κ3) is 3.88. The van der Waals surface area contributed by atoms with Gasteiger partial charge in [0.2, 0.25) is 11.8 Å². The number of benzene rings is 1. The molecular formula is C23H26FN3O2. The van der Waals surface area contributed by atoms with Crippen molar-refractivity contribution in [3.63, 3.8) is 0 Å². The van der Waals surface area contributed by atoms with E-state index in [1.807, 2.05) is 17.9 Å². The highest BCUT2D eigenvalue weighted by atomic mass is 19.1. The molecule has 0 atom stereocenters. The molecule has 152 valence electrons. The lowest BCUT2D eigenvalue weighted by atomic mass is 9.63. The second kappa shape index (κ2) is 7.93. The Morgan fingerprint density at radius 3 is 2.34 bits per heavy atom. The Bertz CT molecular complexity index is 883. The van der Waals surface area contributed by atoms with Crippen LogP contribution in [0.3, 0.4) is 0 Å². The van der Waals surface area contributed by atoms with E-state index in [2.05, 4.69) is 10.3 Å². The molecule has 2 amide bonds. The van der Waals surface area contributed by atoms with Crippen molar-refractivity contribution >= 4 is 17.6 Å². The normalized spacial score (nSPS) is 18.8. The van der Waals surface area contributed by atoms with Gasteiger partial charge in [-0.25, -0.2) is 9.37 Å². The summed E-state index contributed by atoms with van der Waals surface area (Å²) in [6.07, 6.45) is 5.62. The second-order valence-corrected chi connectivity index (χ2v) is 8.22. The molecule has 0 bridgehead atoms. The molecule has 2 aliphatic rings. The maximum Gasteiger partial charge on any atom is 0.233 e. The molecule has 1 saturated carbocycles. The van der Waals surface area contributed by atoms with E-state index >= 15 is 0 Å². The quantitative estimate of drug-likeness (QED) is 0.856. The smallest absolute Gasteiger partial charge is 0.233 e. The molecule has 1 aromatic carbocycles. The van der Waals surface area contributed by atoms with Crippen LogP contribution in [0.2, 0.25) is 0 Å². The molecule has 0 radical (unpaired) electrons. The molecule has 1 aliphatic heterocycles. The van der Waals surface area contributed by atoms with Crippen molar-refractivity contribution in [3.8, 4) is 0 Å². The van der Waals surface area contributed by atoms with Gasteiger partial charge in [-0.2, -0.15) is 0 Å². The van der Waals surface area contributed by atoms with Gasteiger partial charge >= 0.3 is 0 Å². The topological polar surface area (TPSA) is 62.3 Å². The third-order valence-corrected chi connectivity index (χ3v) is 6.33. The summed E-state index contributed by atoms with van der Waals surface area (Å²) in [5, 5.41) is 2.88. The molecule has 1 aliphatic carbocycles. The summed E-state index contributed by atoms with van der Waals surface area (Å²) in [7, 11) is 0. The van der Waals surface area contributed by atoms with E-state index < -0.39 is 5.41 Å². The van der Waals surface area contributed by atoms with E-state index in [1.165, 1.54) is 12.1 Å². The van der Waals surface area contributed by atoms with E-state index in [9.17, 15) is 14.0 Å². The molecule has 0 unspecified atom stereocenters. The summed E-state index contributed by atoms with van der Waals surface area (Å²) in [5.41, 5.74) is 1.43. The number of hydrogen-bond donors (Lipinski definition) is 1. The highest BCUT2D eigenvalue weighted by molar-refractivity contribution is 5.92. The molecule has 6 heteroatoms. The fourth-order valence-corrected chi connectivity index (χ4v) is 4.34. The summed E-state index contributed by atoms with van der Waals surface area (Å²) in [6.45, 7) is 3.09. The van der Waals surface area contributed by atoms with Crippen LogP contribution in [0.15, 0.2) is 42.6 Å². The van der Waals surface area contributed by atoms with Gasteiger partial charge in [-0.05, 0) is 61.9 Å². The highest BCUT2D eigenvalue weighted by Crippen LogP contribution is 2.45. The number of nitrogens with one attached hydrogen (secondary N) is 1. The molecule has 4 rings (SSSR count). The van der Waals surface area contributed by atoms with Gasteiger partial charge in [0.05, 0.1) is 5.41 Å². The predicted molar refractivity (Wildman–Crippen MR) is 109 cm³/mol. The Balaban J connectivity index is 1.37. The van der Waals surface area contributed by atoms with E-state index in [4.69, 9.17) is 0 Å². The van der Waals surface area contributed by atoms with Crippen LogP contribution in [0, 0.1) is 18.7 Å². The molecule has 0 spiro atoms. The number of aromatic nitrogens is 1. The maximum atomic E-state index is 13.3. The number of likely N-dealkylation sites (tertiary alicyclic amines) is 1. The molecule has 1 aromatic heterocycles. The zero-order chi connectivity index (χ0) is 20.4. The molecule has 2 fully saturated rings. The lowest BCUT2D eigenvalue weighted by Crippen LogP contribution is -2.53. The van der Waals surface area contributed by atoms with Gasteiger partial charge in [-0.1, -0.05) is 24.6 Å².